The van der Waals surface area contributed by atoms with Crippen molar-refractivity contribution in [1.82, 2.24) is 0 Å². The highest BCUT2D eigenvalue weighted by atomic mass is 32.1. The molecule has 8 aromatic carbocycles. The van der Waals surface area contributed by atoms with Crippen LogP contribution in [0.2, 0.25) is 0 Å². The quantitative estimate of drug-likeness (QED) is 0.178. The van der Waals surface area contributed by atoms with Gasteiger partial charge < -0.3 is 0 Å². The molecular weight excluding hydrogens is 693 g/mol. The van der Waals surface area contributed by atoms with Gasteiger partial charge in [-0.05, 0) is 122 Å². The Balaban J connectivity index is 1.29. The van der Waals surface area contributed by atoms with Crippen molar-refractivity contribution in [2.24, 2.45) is 0 Å². The maximum atomic E-state index is 10.2. The van der Waals surface area contributed by atoms with Crippen molar-refractivity contribution in [3.05, 3.63) is 181 Å². The summed E-state index contributed by atoms with van der Waals surface area (Å²) >= 11 is 3.67. The van der Waals surface area contributed by atoms with Crippen LogP contribution in [0.1, 0.15) is 11.1 Å². The Bertz CT molecular complexity index is 3130. The normalized spacial score (nSPS) is 11.3. The van der Waals surface area contributed by atoms with Gasteiger partial charge in [-0.2, -0.15) is 10.5 Å². The molecule has 0 amide bonds. The van der Waals surface area contributed by atoms with Crippen molar-refractivity contribution < 1.29 is 0 Å². The molecule has 2 heterocycles. The fraction of sp³-hybridized carbons (Fsp3) is 0. The average molecular weight is 721 g/mol. The number of benzene rings is 8. The lowest BCUT2D eigenvalue weighted by atomic mass is 9.88. The summed E-state index contributed by atoms with van der Waals surface area (Å²) in [6.45, 7) is 0. The van der Waals surface area contributed by atoms with Crippen molar-refractivity contribution in [3.8, 4) is 67.8 Å². The molecule has 0 saturated heterocycles. The molecule has 54 heavy (non-hydrogen) atoms. The summed E-state index contributed by atoms with van der Waals surface area (Å²) in [5.74, 6) is 0. The molecule has 0 aliphatic rings. The van der Waals surface area contributed by atoms with E-state index < -0.39 is 0 Å². The molecule has 4 heteroatoms. The second kappa shape index (κ2) is 13.0. The van der Waals surface area contributed by atoms with Gasteiger partial charge >= 0.3 is 0 Å². The Morgan fingerprint density at radius 3 is 1.41 bits per heavy atom. The van der Waals surface area contributed by atoms with Gasteiger partial charge in [-0.15, -0.1) is 22.7 Å². The van der Waals surface area contributed by atoms with E-state index in [4.69, 9.17) is 0 Å². The van der Waals surface area contributed by atoms with Crippen molar-refractivity contribution >= 4 is 63.0 Å². The van der Waals surface area contributed by atoms with Crippen LogP contribution in [0.25, 0.3) is 96.0 Å². The Morgan fingerprint density at radius 1 is 0.333 bits per heavy atom. The number of rotatable bonds is 5. The fourth-order valence-corrected chi connectivity index (χ4v) is 10.2. The molecule has 0 unspecified atom stereocenters. The SMILES string of the molecule is N#Cc1ccccc1-c1cc(-c2cc(-c3cccc4c3sc3ccccc34)cc(-c3cccc4sc5ccccc5c34)c2)cc(-c2ccccc2C#N)c1. The monoisotopic (exact) mass is 720 g/mol. The molecule has 250 valence electrons. The third-order valence-electron chi connectivity index (χ3n) is 10.3. The predicted molar refractivity (Wildman–Crippen MR) is 229 cm³/mol. The third kappa shape index (κ3) is 5.28. The standard InChI is InChI=1S/C50H28N2S2/c51-29-31-11-1-3-13-39(31)35-23-33(24-36(27-35)40-14-4-2-12-32(40)30-52)34-25-37(41-17-10-22-48-49(41)45-16-6-8-21-47(45)53-48)28-38(26-34)42-18-9-19-44-43-15-5-7-20-46(43)54-50(42)44/h1-28H. The molecule has 0 spiro atoms. The van der Waals surface area contributed by atoms with E-state index in [1.807, 2.05) is 71.2 Å². The molecule has 0 fully saturated rings. The first-order valence-corrected chi connectivity index (χ1v) is 19.4. The van der Waals surface area contributed by atoms with Crippen LogP contribution in [0.4, 0.5) is 0 Å². The lowest BCUT2D eigenvalue weighted by Gasteiger charge is -2.16. The molecule has 2 nitrogen and oxygen atoms in total. The van der Waals surface area contributed by atoms with E-state index in [1.165, 1.54) is 51.5 Å². The maximum Gasteiger partial charge on any atom is 0.0998 e. The molecular formula is C50H28N2S2. The molecule has 10 rings (SSSR count). The minimum atomic E-state index is 0.607. The molecule has 0 bridgehead atoms. The molecule has 0 saturated carbocycles. The highest BCUT2D eigenvalue weighted by Crippen LogP contribution is 2.45. The Morgan fingerprint density at radius 2 is 0.759 bits per heavy atom. The Kier molecular flexibility index (Phi) is 7.67. The summed E-state index contributed by atoms with van der Waals surface area (Å²) < 4.78 is 5.07. The summed E-state index contributed by atoms with van der Waals surface area (Å²) in [7, 11) is 0. The lowest BCUT2D eigenvalue weighted by Crippen LogP contribution is -1.92. The van der Waals surface area contributed by atoms with Crippen molar-refractivity contribution in [2.75, 3.05) is 0 Å². The van der Waals surface area contributed by atoms with Gasteiger partial charge in [-0.25, -0.2) is 0 Å². The van der Waals surface area contributed by atoms with Gasteiger partial charge in [0, 0.05) is 40.3 Å². The van der Waals surface area contributed by atoms with E-state index in [0.717, 1.165) is 44.5 Å². The van der Waals surface area contributed by atoms with Gasteiger partial charge in [0.15, 0.2) is 0 Å². The van der Waals surface area contributed by atoms with E-state index in [2.05, 4.69) is 133 Å². The van der Waals surface area contributed by atoms with Crippen molar-refractivity contribution in [3.63, 3.8) is 0 Å². The largest absolute Gasteiger partial charge is 0.192 e. The molecule has 0 aliphatic heterocycles. The topological polar surface area (TPSA) is 47.6 Å². The molecule has 0 N–H and O–H groups in total. The summed E-state index contributed by atoms with van der Waals surface area (Å²) in [6, 6.07) is 64.4. The van der Waals surface area contributed by atoms with Gasteiger partial charge in [0.25, 0.3) is 0 Å². The Hall–Kier alpha value is -6.82. The van der Waals surface area contributed by atoms with Crippen LogP contribution < -0.4 is 0 Å². The summed E-state index contributed by atoms with van der Waals surface area (Å²) in [4.78, 5) is 0. The van der Waals surface area contributed by atoms with Crippen LogP contribution in [-0.2, 0) is 0 Å². The van der Waals surface area contributed by atoms with Gasteiger partial charge in [0.05, 0.1) is 23.3 Å². The zero-order valence-corrected chi connectivity index (χ0v) is 30.5. The van der Waals surface area contributed by atoms with Crippen LogP contribution in [0, 0.1) is 22.7 Å². The minimum Gasteiger partial charge on any atom is -0.192 e. The minimum absolute atomic E-state index is 0.607. The van der Waals surface area contributed by atoms with E-state index in [9.17, 15) is 10.5 Å². The zero-order chi connectivity index (χ0) is 36.2. The zero-order valence-electron chi connectivity index (χ0n) is 28.9. The van der Waals surface area contributed by atoms with Crippen molar-refractivity contribution in [1.29, 1.82) is 10.5 Å². The van der Waals surface area contributed by atoms with E-state index >= 15 is 0 Å². The van der Waals surface area contributed by atoms with Crippen LogP contribution in [0.5, 0.6) is 0 Å². The first-order valence-electron chi connectivity index (χ1n) is 17.8. The first kappa shape index (κ1) is 31.9. The molecule has 2 aromatic heterocycles. The molecule has 10 aromatic rings. The van der Waals surface area contributed by atoms with Gasteiger partial charge in [0.2, 0.25) is 0 Å². The molecule has 0 radical (unpaired) electrons. The van der Waals surface area contributed by atoms with Crippen LogP contribution >= 0.6 is 22.7 Å². The van der Waals surface area contributed by atoms with E-state index in [1.54, 1.807) is 0 Å². The number of nitrogens with zero attached hydrogens (tertiary/aromatic N) is 2. The Labute approximate surface area is 320 Å². The van der Waals surface area contributed by atoms with Crippen molar-refractivity contribution in [2.45, 2.75) is 0 Å². The van der Waals surface area contributed by atoms with Crippen LogP contribution in [-0.4, -0.2) is 0 Å². The number of hydrogen-bond acceptors (Lipinski definition) is 4. The summed E-state index contributed by atoms with van der Waals surface area (Å²) in [5.41, 5.74) is 11.5. The lowest BCUT2D eigenvalue weighted by molar-refractivity contribution is 1.47. The molecule has 0 aliphatic carbocycles. The number of nitriles is 2. The van der Waals surface area contributed by atoms with E-state index in [0.29, 0.717) is 11.1 Å². The maximum absolute atomic E-state index is 10.2. The number of fused-ring (bicyclic) bond motifs is 6. The smallest absolute Gasteiger partial charge is 0.0998 e. The van der Waals surface area contributed by atoms with Gasteiger partial charge in [-0.1, -0.05) is 103 Å². The summed E-state index contributed by atoms with van der Waals surface area (Å²) in [6.07, 6.45) is 0. The van der Waals surface area contributed by atoms with Gasteiger partial charge in [-0.3, -0.25) is 0 Å². The number of thiophene rings is 2. The highest BCUT2D eigenvalue weighted by molar-refractivity contribution is 7.26. The molecule has 0 atom stereocenters. The third-order valence-corrected chi connectivity index (χ3v) is 12.7. The predicted octanol–water partition coefficient (Wildman–Crippen LogP) is 14.5. The van der Waals surface area contributed by atoms with Crippen LogP contribution in [0.3, 0.4) is 0 Å². The fourth-order valence-electron chi connectivity index (χ4n) is 7.86. The first-order chi connectivity index (χ1) is 26.7. The van der Waals surface area contributed by atoms with E-state index in [-0.39, 0.29) is 0 Å². The average Bonchev–Trinajstić information content (AvgIpc) is 3.82. The van der Waals surface area contributed by atoms with Crippen LogP contribution in [0.15, 0.2) is 170 Å². The highest BCUT2D eigenvalue weighted by Gasteiger charge is 2.18. The van der Waals surface area contributed by atoms with Gasteiger partial charge in [0.1, 0.15) is 0 Å². The second-order valence-corrected chi connectivity index (χ2v) is 15.6. The second-order valence-electron chi connectivity index (χ2n) is 13.5. The number of hydrogen-bond donors (Lipinski definition) is 0. The summed E-state index contributed by atoms with van der Waals surface area (Å²) in [5, 5.41) is 25.4.